The van der Waals surface area contributed by atoms with E-state index < -0.39 is 5.60 Å². The molecule has 0 aromatic heterocycles. The third-order valence-electron chi connectivity index (χ3n) is 3.26. The predicted molar refractivity (Wildman–Crippen MR) is 79.5 cm³/mol. The van der Waals surface area contributed by atoms with Gasteiger partial charge in [-0.1, -0.05) is 30.3 Å². The summed E-state index contributed by atoms with van der Waals surface area (Å²) in [4.78, 5) is 11.8. The zero-order chi connectivity index (χ0) is 14.6. The van der Waals surface area contributed by atoms with Crippen LogP contribution >= 0.6 is 0 Å². The minimum atomic E-state index is -0.447. The van der Waals surface area contributed by atoms with Crippen LogP contribution in [0.4, 0.5) is 4.79 Å². The average Bonchev–Trinajstić information content (AvgIpc) is 3.07. The first-order chi connectivity index (χ1) is 9.39. The summed E-state index contributed by atoms with van der Waals surface area (Å²) < 4.78 is 5.30. The van der Waals surface area contributed by atoms with Crippen molar-refractivity contribution in [2.75, 3.05) is 6.54 Å². The third kappa shape index (κ3) is 4.85. The van der Waals surface area contributed by atoms with Crippen molar-refractivity contribution >= 4 is 6.09 Å². The number of benzene rings is 1. The highest BCUT2D eigenvalue weighted by Crippen LogP contribution is 2.35. The molecule has 1 fully saturated rings. The van der Waals surface area contributed by atoms with Crippen LogP contribution in [0.1, 0.15) is 39.2 Å². The van der Waals surface area contributed by atoms with Crippen LogP contribution in [-0.4, -0.2) is 23.8 Å². The Hall–Kier alpha value is -1.55. The molecule has 2 N–H and O–H groups in total. The Morgan fingerprint density at radius 2 is 1.90 bits per heavy atom. The number of carbonyl (C=O) groups is 1. The van der Waals surface area contributed by atoms with Crippen LogP contribution in [0.25, 0.3) is 0 Å². The van der Waals surface area contributed by atoms with Crippen molar-refractivity contribution in [2.24, 2.45) is 0 Å². The molecule has 2 rings (SSSR count). The SMILES string of the molecule is CC(C)(C)OC(=O)NC1(CNCc2ccccc2)CC1. The van der Waals surface area contributed by atoms with Crippen molar-refractivity contribution in [3.8, 4) is 0 Å². The van der Waals surface area contributed by atoms with Gasteiger partial charge in [0.15, 0.2) is 0 Å². The largest absolute Gasteiger partial charge is 0.444 e. The molecule has 1 aromatic rings. The Bertz CT molecular complexity index is 447. The number of rotatable bonds is 5. The molecule has 1 amide bonds. The van der Waals surface area contributed by atoms with Gasteiger partial charge in [0, 0.05) is 13.1 Å². The second-order valence-electron chi connectivity index (χ2n) is 6.50. The topological polar surface area (TPSA) is 50.4 Å². The van der Waals surface area contributed by atoms with Gasteiger partial charge >= 0.3 is 6.09 Å². The van der Waals surface area contributed by atoms with Gasteiger partial charge in [-0.3, -0.25) is 0 Å². The molecule has 0 bridgehead atoms. The van der Waals surface area contributed by atoms with Crippen LogP contribution in [0.2, 0.25) is 0 Å². The first-order valence-electron chi connectivity index (χ1n) is 7.14. The molecule has 0 unspecified atom stereocenters. The van der Waals surface area contributed by atoms with Crippen molar-refractivity contribution in [1.82, 2.24) is 10.6 Å². The van der Waals surface area contributed by atoms with E-state index in [0.717, 1.165) is 25.9 Å². The lowest BCUT2D eigenvalue weighted by atomic mass is 10.2. The standard InChI is InChI=1S/C16H24N2O2/c1-15(2,3)20-14(19)18-16(9-10-16)12-17-11-13-7-5-4-6-8-13/h4-8,17H,9-12H2,1-3H3,(H,18,19). The summed E-state index contributed by atoms with van der Waals surface area (Å²) in [7, 11) is 0. The highest BCUT2D eigenvalue weighted by molar-refractivity contribution is 5.69. The van der Waals surface area contributed by atoms with Gasteiger partial charge in [-0.2, -0.15) is 0 Å². The maximum absolute atomic E-state index is 11.8. The van der Waals surface area contributed by atoms with Gasteiger partial charge in [-0.05, 0) is 39.2 Å². The zero-order valence-electron chi connectivity index (χ0n) is 12.5. The molecular formula is C16H24N2O2. The highest BCUT2D eigenvalue weighted by atomic mass is 16.6. The van der Waals surface area contributed by atoms with E-state index in [1.165, 1.54) is 5.56 Å². The van der Waals surface area contributed by atoms with E-state index in [0.29, 0.717) is 0 Å². The van der Waals surface area contributed by atoms with Crippen LogP contribution in [0.3, 0.4) is 0 Å². The van der Waals surface area contributed by atoms with E-state index in [-0.39, 0.29) is 11.6 Å². The number of carbonyl (C=O) groups excluding carboxylic acids is 1. The predicted octanol–water partition coefficient (Wildman–Crippen LogP) is 2.83. The van der Waals surface area contributed by atoms with Gasteiger partial charge in [0.25, 0.3) is 0 Å². The summed E-state index contributed by atoms with van der Waals surface area (Å²) in [5.41, 5.74) is 0.690. The Labute approximate surface area is 120 Å². The first-order valence-corrected chi connectivity index (χ1v) is 7.14. The number of hydrogen-bond donors (Lipinski definition) is 2. The summed E-state index contributed by atoms with van der Waals surface area (Å²) in [6.07, 6.45) is 1.69. The van der Waals surface area contributed by atoms with Crippen molar-refractivity contribution in [3.63, 3.8) is 0 Å². The number of ether oxygens (including phenoxy) is 1. The molecular weight excluding hydrogens is 252 g/mol. The van der Waals surface area contributed by atoms with Gasteiger partial charge in [-0.25, -0.2) is 4.79 Å². The number of alkyl carbamates (subject to hydrolysis) is 1. The van der Waals surface area contributed by atoms with Crippen molar-refractivity contribution in [2.45, 2.75) is 51.3 Å². The molecule has 4 nitrogen and oxygen atoms in total. The van der Waals surface area contributed by atoms with Crippen LogP contribution in [-0.2, 0) is 11.3 Å². The Morgan fingerprint density at radius 1 is 1.25 bits per heavy atom. The molecule has 1 aromatic carbocycles. The van der Waals surface area contributed by atoms with E-state index >= 15 is 0 Å². The normalized spacial score (nSPS) is 16.6. The quantitative estimate of drug-likeness (QED) is 0.869. The molecule has 0 heterocycles. The lowest BCUT2D eigenvalue weighted by Gasteiger charge is -2.23. The third-order valence-corrected chi connectivity index (χ3v) is 3.26. The van der Waals surface area contributed by atoms with Crippen LogP contribution < -0.4 is 10.6 Å². The fraction of sp³-hybridized carbons (Fsp3) is 0.562. The maximum atomic E-state index is 11.8. The Kier molecular flexibility index (Phi) is 4.33. The van der Waals surface area contributed by atoms with E-state index in [2.05, 4.69) is 22.8 Å². The lowest BCUT2D eigenvalue weighted by molar-refractivity contribution is 0.0496. The Balaban J connectivity index is 1.74. The molecule has 0 atom stereocenters. The molecule has 1 aliphatic rings. The number of hydrogen-bond acceptors (Lipinski definition) is 3. The van der Waals surface area contributed by atoms with Crippen LogP contribution in [0, 0.1) is 0 Å². The molecule has 0 saturated heterocycles. The molecule has 20 heavy (non-hydrogen) atoms. The highest BCUT2D eigenvalue weighted by Gasteiger charge is 2.44. The van der Waals surface area contributed by atoms with Crippen molar-refractivity contribution in [1.29, 1.82) is 0 Å². The molecule has 0 aliphatic heterocycles. The fourth-order valence-electron chi connectivity index (χ4n) is 2.06. The van der Waals surface area contributed by atoms with Crippen LogP contribution in [0.15, 0.2) is 30.3 Å². The van der Waals surface area contributed by atoms with Crippen molar-refractivity contribution < 1.29 is 9.53 Å². The zero-order valence-corrected chi connectivity index (χ0v) is 12.5. The smallest absolute Gasteiger partial charge is 0.408 e. The second kappa shape index (κ2) is 5.83. The summed E-state index contributed by atoms with van der Waals surface area (Å²) in [5, 5.41) is 6.39. The average molecular weight is 276 g/mol. The van der Waals surface area contributed by atoms with Gasteiger partial charge in [0.1, 0.15) is 5.60 Å². The minimum absolute atomic E-state index is 0.114. The second-order valence-corrected chi connectivity index (χ2v) is 6.50. The van der Waals surface area contributed by atoms with E-state index in [1.807, 2.05) is 39.0 Å². The summed E-state index contributed by atoms with van der Waals surface area (Å²) in [6.45, 7) is 7.22. The molecule has 0 spiro atoms. The first kappa shape index (κ1) is 14.9. The number of nitrogens with one attached hydrogen (secondary N) is 2. The summed E-state index contributed by atoms with van der Waals surface area (Å²) in [5.74, 6) is 0. The molecule has 110 valence electrons. The molecule has 1 saturated carbocycles. The van der Waals surface area contributed by atoms with Gasteiger partial charge < -0.3 is 15.4 Å². The van der Waals surface area contributed by atoms with Crippen molar-refractivity contribution in [3.05, 3.63) is 35.9 Å². The lowest BCUT2D eigenvalue weighted by Crippen LogP contribution is -2.46. The van der Waals surface area contributed by atoms with E-state index in [9.17, 15) is 4.79 Å². The summed E-state index contributed by atoms with van der Waals surface area (Å²) in [6, 6.07) is 10.3. The Morgan fingerprint density at radius 3 is 2.45 bits per heavy atom. The molecule has 1 aliphatic carbocycles. The minimum Gasteiger partial charge on any atom is -0.444 e. The van der Waals surface area contributed by atoms with E-state index in [1.54, 1.807) is 0 Å². The number of amides is 1. The monoisotopic (exact) mass is 276 g/mol. The van der Waals surface area contributed by atoms with Gasteiger partial charge in [0.2, 0.25) is 0 Å². The summed E-state index contributed by atoms with van der Waals surface area (Å²) >= 11 is 0. The molecule has 0 radical (unpaired) electrons. The fourth-order valence-corrected chi connectivity index (χ4v) is 2.06. The van der Waals surface area contributed by atoms with E-state index in [4.69, 9.17) is 4.74 Å². The van der Waals surface area contributed by atoms with Gasteiger partial charge in [0.05, 0.1) is 5.54 Å². The van der Waals surface area contributed by atoms with Crippen LogP contribution in [0.5, 0.6) is 0 Å². The van der Waals surface area contributed by atoms with Gasteiger partial charge in [-0.15, -0.1) is 0 Å². The molecule has 4 heteroatoms. The maximum Gasteiger partial charge on any atom is 0.408 e.